The van der Waals surface area contributed by atoms with Gasteiger partial charge in [-0.25, -0.2) is 0 Å². The lowest BCUT2D eigenvalue weighted by Gasteiger charge is -2.20. The maximum Gasteiger partial charge on any atom is 0.278 e. The summed E-state index contributed by atoms with van der Waals surface area (Å²) in [6, 6.07) is 19.9. The van der Waals surface area contributed by atoms with Crippen molar-refractivity contribution in [1.29, 1.82) is 0 Å². The number of rotatable bonds is 6. The van der Waals surface area contributed by atoms with Crippen molar-refractivity contribution >= 4 is 28.9 Å². The van der Waals surface area contributed by atoms with Crippen LogP contribution < -0.4 is 10.2 Å². The molecule has 0 fully saturated rings. The number of para-hydroxylation sites is 1. The SMILES string of the molecule is CCN(C(=O)c1ccc(Nc2cccc(C(C)=O)c2)nn1)c1ccccc1. The molecule has 0 aliphatic rings. The molecule has 2 aromatic carbocycles. The van der Waals surface area contributed by atoms with Crippen LogP contribution >= 0.6 is 0 Å². The topological polar surface area (TPSA) is 75.2 Å². The van der Waals surface area contributed by atoms with Gasteiger partial charge in [-0.05, 0) is 50.2 Å². The molecule has 1 amide bonds. The van der Waals surface area contributed by atoms with E-state index < -0.39 is 0 Å². The van der Waals surface area contributed by atoms with Crippen LogP contribution in [-0.2, 0) is 0 Å². The Bertz CT molecular complexity index is 940. The number of ketones is 1. The van der Waals surface area contributed by atoms with Gasteiger partial charge in [0.1, 0.15) is 0 Å². The summed E-state index contributed by atoms with van der Waals surface area (Å²) in [6.07, 6.45) is 0. The Morgan fingerprint density at radius 2 is 1.74 bits per heavy atom. The summed E-state index contributed by atoms with van der Waals surface area (Å²) in [5.41, 5.74) is 2.43. The fourth-order valence-electron chi connectivity index (χ4n) is 2.67. The molecule has 6 nitrogen and oxygen atoms in total. The minimum atomic E-state index is -0.207. The fourth-order valence-corrected chi connectivity index (χ4v) is 2.67. The smallest absolute Gasteiger partial charge is 0.278 e. The quantitative estimate of drug-likeness (QED) is 0.670. The number of benzene rings is 2. The predicted molar refractivity (Wildman–Crippen MR) is 106 cm³/mol. The predicted octanol–water partition coefficient (Wildman–Crippen LogP) is 4.09. The first-order valence-corrected chi connectivity index (χ1v) is 8.67. The first-order chi connectivity index (χ1) is 13.1. The number of anilines is 3. The van der Waals surface area contributed by atoms with Gasteiger partial charge in [0.05, 0.1) is 0 Å². The number of carbonyl (C=O) groups excluding carboxylic acids is 2. The van der Waals surface area contributed by atoms with Crippen LogP contribution in [0.5, 0.6) is 0 Å². The second kappa shape index (κ2) is 8.23. The summed E-state index contributed by atoms with van der Waals surface area (Å²) in [7, 11) is 0. The lowest BCUT2D eigenvalue weighted by atomic mass is 10.1. The van der Waals surface area contributed by atoms with Crippen LogP contribution in [0.25, 0.3) is 0 Å². The maximum atomic E-state index is 12.7. The third kappa shape index (κ3) is 4.36. The Balaban J connectivity index is 1.76. The zero-order valence-corrected chi connectivity index (χ0v) is 15.2. The van der Waals surface area contributed by atoms with E-state index >= 15 is 0 Å². The van der Waals surface area contributed by atoms with Gasteiger partial charge in [-0.2, -0.15) is 0 Å². The molecule has 0 spiro atoms. The molecule has 0 unspecified atom stereocenters. The molecular formula is C21H20N4O2. The molecule has 3 aromatic rings. The van der Waals surface area contributed by atoms with Crippen molar-refractivity contribution in [2.75, 3.05) is 16.8 Å². The molecule has 27 heavy (non-hydrogen) atoms. The first-order valence-electron chi connectivity index (χ1n) is 8.67. The van der Waals surface area contributed by atoms with Crippen molar-refractivity contribution in [2.45, 2.75) is 13.8 Å². The molecular weight excluding hydrogens is 340 g/mol. The monoisotopic (exact) mass is 360 g/mol. The highest BCUT2D eigenvalue weighted by atomic mass is 16.2. The largest absolute Gasteiger partial charge is 0.339 e. The Morgan fingerprint density at radius 3 is 2.37 bits per heavy atom. The molecule has 3 rings (SSSR count). The summed E-state index contributed by atoms with van der Waals surface area (Å²) >= 11 is 0. The average Bonchev–Trinajstić information content (AvgIpc) is 2.70. The van der Waals surface area contributed by atoms with Crippen LogP contribution in [0.4, 0.5) is 17.2 Å². The van der Waals surface area contributed by atoms with Crippen molar-refractivity contribution in [2.24, 2.45) is 0 Å². The van der Waals surface area contributed by atoms with E-state index in [1.165, 1.54) is 6.92 Å². The number of amides is 1. The van der Waals surface area contributed by atoms with Gasteiger partial charge in [-0.3, -0.25) is 9.59 Å². The van der Waals surface area contributed by atoms with E-state index in [-0.39, 0.29) is 17.4 Å². The Hall–Kier alpha value is -3.54. The van der Waals surface area contributed by atoms with Gasteiger partial charge in [0.25, 0.3) is 5.91 Å². The van der Waals surface area contributed by atoms with E-state index in [4.69, 9.17) is 0 Å². The van der Waals surface area contributed by atoms with E-state index in [1.807, 2.05) is 43.3 Å². The molecule has 136 valence electrons. The van der Waals surface area contributed by atoms with Crippen LogP contribution in [0.2, 0.25) is 0 Å². The molecule has 0 bridgehead atoms. The standard InChI is InChI=1S/C21H20N4O2/c1-3-25(18-10-5-4-6-11-18)21(27)19-12-13-20(24-23-19)22-17-9-7-8-16(14-17)15(2)26/h4-14H,3H2,1-2H3,(H,22,24). The Morgan fingerprint density at radius 1 is 0.963 bits per heavy atom. The van der Waals surface area contributed by atoms with Gasteiger partial charge >= 0.3 is 0 Å². The van der Waals surface area contributed by atoms with Crippen molar-refractivity contribution in [3.05, 3.63) is 78.0 Å². The molecule has 0 atom stereocenters. The number of Topliss-reactive ketones (excluding diaryl/α,β-unsaturated/α-hetero) is 1. The lowest BCUT2D eigenvalue weighted by Crippen LogP contribution is -2.31. The van der Waals surface area contributed by atoms with Gasteiger partial charge < -0.3 is 10.2 Å². The number of aromatic nitrogens is 2. The number of hydrogen-bond donors (Lipinski definition) is 1. The third-order valence-corrected chi connectivity index (χ3v) is 4.05. The number of nitrogens with one attached hydrogen (secondary N) is 1. The number of hydrogen-bond acceptors (Lipinski definition) is 5. The average molecular weight is 360 g/mol. The Labute approximate surface area is 157 Å². The van der Waals surface area contributed by atoms with Crippen molar-refractivity contribution in [1.82, 2.24) is 10.2 Å². The van der Waals surface area contributed by atoms with Crippen LogP contribution in [0, 0.1) is 0 Å². The normalized spacial score (nSPS) is 10.3. The highest BCUT2D eigenvalue weighted by Gasteiger charge is 2.17. The maximum absolute atomic E-state index is 12.7. The fraction of sp³-hybridized carbons (Fsp3) is 0.143. The van der Waals surface area contributed by atoms with Gasteiger partial charge in [-0.1, -0.05) is 30.3 Å². The van der Waals surface area contributed by atoms with E-state index in [0.29, 0.717) is 17.9 Å². The highest BCUT2D eigenvalue weighted by Crippen LogP contribution is 2.18. The summed E-state index contributed by atoms with van der Waals surface area (Å²) in [5, 5.41) is 11.2. The van der Waals surface area contributed by atoms with Crippen LogP contribution in [0.15, 0.2) is 66.7 Å². The zero-order chi connectivity index (χ0) is 19.2. The number of nitrogens with zero attached hydrogens (tertiary/aromatic N) is 3. The van der Waals surface area contributed by atoms with Gasteiger partial charge in [0, 0.05) is 23.5 Å². The van der Waals surface area contributed by atoms with Crippen LogP contribution in [0.3, 0.4) is 0 Å². The molecule has 0 aliphatic carbocycles. The van der Waals surface area contributed by atoms with Crippen molar-refractivity contribution in [3.63, 3.8) is 0 Å². The molecule has 1 N–H and O–H groups in total. The minimum Gasteiger partial charge on any atom is -0.339 e. The van der Waals surface area contributed by atoms with Crippen molar-refractivity contribution in [3.8, 4) is 0 Å². The molecule has 0 radical (unpaired) electrons. The van der Waals surface area contributed by atoms with E-state index in [9.17, 15) is 9.59 Å². The molecule has 0 aliphatic heterocycles. The summed E-state index contributed by atoms with van der Waals surface area (Å²) in [5.74, 6) is 0.280. The van der Waals surface area contributed by atoms with Crippen molar-refractivity contribution < 1.29 is 9.59 Å². The van der Waals surface area contributed by atoms with Gasteiger partial charge in [-0.15, -0.1) is 10.2 Å². The van der Waals surface area contributed by atoms with E-state index in [0.717, 1.165) is 11.4 Å². The third-order valence-electron chi connectivity index (χ3n) is 4.05. The Kier molecular flexibility index (Phi) is 5.56. The summed E-state index contributed by atoms with van der Waals surface area (Å²) in [6.45, 7) is 3.96. The van der Waals surface area contributed by atoms with E-state index in [2.05, 4.69) is 15.5 Å². The van der Waals surface area contributed by atoms with Gasteiger partial charge in [0.2, 0.25) is 0 Å². The second-order valence-electron chi connectivity index (χ2n) is 5.95. The second-order valence-corrected chi connectivity index (χ2v) is 5.95. The first kappa shape index (κ1) is 18.3. The summed E-state index contributed by atoms with van der Waals surface area (Å²) in [4.78, 5) is 25.9. The minimum absolute atomic E-state index is 0.00810. The van der Waals surface area contributed by atoms with Crippen LogP contribution in [-0.4, -0.2) is 28.4 Å². The molecule has 0 saturated heterocycles. The molecule has 1 heterocycles. The molecule has 1 aromatic heterocycles. The lowest BCUT2D eigenvalue weighted by molar-refractivity contribution is 0.0980. The number of carbonyl (C=O) groups is 2. The molecule has 6 heteroatoms. The van der Waals surface area contributed by atoms with E-state index in [1.54, 1.807) is 35.2 Å². The molecule has 0 saturated carbocycles. The van der Waals surface area contributed by atoms with Crippen LogP contribution in [0.1, 0.15) is 34.7 Å². The summed E-state index contributed by atoms with van der Waals surface area (Å²) < 4.78 is 0. The highest BCUT2D eigenvalue weighted by molar-refractivity contribution is 6.04. The zero-order valence-electron chi connectivity index (χ0n) is 15.2. The van der Waals surface area contributed by atoms with Gasteiger partial charge in [0.15, 0.2) is 17.3 Å².